The van der Waals surface area contributed by atoms with Crippen LogP contribution in [0.25, 0.3) is 0 Å². The van der Waals surface area contributed by atoms with E-state index in [1.54, 1.807) is 0 Å². The van der Waals surface area contributed by atoms with E-state index in [0.29, 0.717) is 0 Å². The van der Waals surface area contributed by atoms with E-state index in [9.17, 15) is 0 Å². The van der Waals surface area contributed by atoms with Crippen LogP contribution in [0, 0.1) is 25.2 Å². The Morgan fingerprint density at radius 3 is 0.972 bits per heavy atom. The normalized spacial score (nSPS) is 10.3. The topological polar surface area (TPSA) is 0 Å². The Bertz CT molecular complexity index is 866. The van der Waals surface area contributed by atoms with Gasteiger partial charge in [-0.3, -0.25) is 0 Å². The first-order chi connectivity index (χ1) is 16.2. The summed E-state index contributed by atoms with van der Waals surface area (Å²) >= 11 is 0. The molecular formula is C34H41PZr. The molecule has 0 aliphatic rings. The fourth-order valence-corrected chi connectivity index (χ4v) is 8.15. The molecule has 0 aromatic heterocycles. The van der Waals surface area contributed by atoms with Crippen molar-refractivity contribution in [2.24, 2.45) is 0 Å². The molecule has 0 heterocycles. The van der Waals surface area contributed by atoms with Gasteiger partial charge in [0, 0.05) is 0 Å². The zero-order valence-electron chi connectivity index (χ0n) is 23.0. The predicted molar refractivity (Wildman–Crippen MR) is 158 cm³/mol. The van der Waals surface area contributed by atoms with Crippen LogP contribution in [0.5, 0.6) is 0 Å². The Balaban J connectivity index is 0.000000715. The van der Waals surface area contributed by atoms with E-state index in [-0.39, 0.29) is 51.9 Å². The van der Waals surface area contributed by atoms with Crippen LogP contribution < -0.4 is 0 Å². The summed E-state index contributed by atoms with van der Waals surface area (Å²) in [5.74, 6) is 0. The Morgan fingerprint density at radius 1 is 0.500 bits per heavy atom. The molecule has 4 aromatic carbocycles. The summed E-state index contributed by atoms with van der Waals surface area (Å²) in [5, 5.41) is 0.517. The van der Waals surface area contributed by atoms with Crippen molar-refractivity contribution >= 4 is 7.92 Å². The average molecular weight is 572 g/mol. The molecule has 0 bridgehead atoms. The van der Waals surface area contributed by atoms with E-state index < -0.39 is 0 Å². The van der Waals surface area contributed by atoms with Crippen LogP contribution in [-0.4, -0.2) is 10.3 Å². The first-order valence-electron chi connectivity index (χ1n) is 11.8. The number of hydrogen-bond acceptors (Lipinski definition) is 0. The maximum Gasteiger partial charge on any atom is 4.00 e. The van der Waals surface area contributed by atoms with Crippen LogP contribution in [0.2, 0.25) is 0 Å². The first-order valence-corrected chi connectivity index (χ1v) is 13.2. The van der Waals surface area contributed by atoms with Crippen LogP contribution >= 0.6 is 7.92 Å². The molecule has 0 atom stereocenters. The fourth-order valence-electron chi connectivity index (χ4n) is 3.98. The smallest absolute Gasteiger partial charge is 0.358 e. The van der Waals surface area contributed by atoms with Crippen molar-refractivity contribution in [3.8, 4) is 0 Å². The van der Waals surface area contributed by atoms with Gasteiger partial charge in [0.25, 0.3) is 0 Å². The molecule has 4 aromatic rings. The zero-order chi connectivity index (χ0) is 24.9. The van der Waals surface area contributed by atoms with Gasteiger partial charge < -0.3 is 7.43 Å². The molecule has 0 radical (unpaired) electrons. The summed E-state index contributed by atoms with van der Waals surface area (Å²) in [6.45, 7) is 14.3. The Kier molecular flexibility index (Phi) is 16.6. The van der Waals surface area contributed by atoms with Crippen LogP contribution in [0.3, 0.4) is 0 Å². The molecule has 0 saturated heterocycles. The zero-order valence-corrected chi connectivity index (χ0v) is 26.3. The van der Waals surface area contributed by atoms with Crippen molar-refractivity contribution in [3.63, 3.8) is 0 Å². The Morgan fingerprint density at radius 2 is 0.778 bits per heavy atom. The monoisotopic (exact) mass is 570 g/mol. The summed E-state index contributed by atoms with van der Waals surface area (Å²) in [5.41, 5.74) is 4.26. The maximum atomic E-state index is 2.89. The molecule has 0 aliphatic heterocycles. The van der Waals surface area contributed by atoms with E-state index in [1.807, 2.05) is 60.7 Å². The van der Waals surface area contributed by atoms with Crippen molar-refractivity contribution < 1.29 is 26.2 Å². The van der Waals surface area contributed by atoms with Crippen molar-refractivity contribution in [2.45, 2.75) is 51.9 Å². The largest absolute Gasteiger partial charge is 4.00 e. The average Bonchev–Trinajstić information content (AvgIpc) is 2.85. The third-order valence-corrected chi connectivity index (χ3v) is 8.52. The van der Waals surface area contributed by atoms with Crippen molar-refractivity contribution in [2.75, 3.05) is 0 Å². The van der Waals surface area contributed by atoms with Crippen molar-refractivity contribution in [3.05, 3.63) is 158 Å². The fraction of sp³-hybridized carbons (Fsp3) is 0.235. The van der Waals surface area contributed by atoms with E-state index in [1.165, 1.54) is 16.8 Å². The second-order valence-electron chi connectivity index (χ2n) is 9.91. The van der Waals surface area contributed by atoms with Crippen LogP contribution in [0.1, 0.15) is 52.7 Å². The summed E-state index contributed by atoms with van der Waals surface area (Å²) < 4.78 is 0. The van der Waals surface area contributed by atoms with Crippen molar-refractivity contribution in [1.82, 2.24) is 0 Å². The SMILES string of the molecule is CC(C)(C)P([C-](c1ccccc1)c1ccccc1)C(C)(C)C.[CH3-].[Zr+4].[c-]1ccccc1.[c-]1ccccc1. The van der Waals surface area contributed by atoms with Gasteiger partial charge in [-0.15, -0.1) is 43.3 Å². The quantitative estimate of drug-likeness (QED) is 0.169. The molecule has 0 fully saturated rings. The van der Waals surface area contributed by atoms with Crippen LogP contribution in [0.15, 0.2) is 121 Å². The Hall–Kier alpha value is -1.94. The molecule has 0 unspecified atom stereocenters. The molecule has 0 N–H and O–H groups in total. The van der Waals surface area contributed by atoms with Gasteiger partial charge in [0.2, 0.25) is 0 Å². The van der Waals surface area contributed by atoms with Gasteiger partial charge in [-0.1, -0.05) is 83.6 Å². The minimum Gasteiger partial charge on any atom is -0.358 e. The van der Waals surface area contributed by atoms with Gasteiger partial charge >= 0.3 is 26.2 Å². The molecule has 186 valence electrons. The van der Waals surface area contributed by atoms with E-state index in [0.717, 1.165) is 0 Å². The molecule has 2 heteroatoms. The minimum atomic E-state index is -0.342. The molecular weight excluding hydrogens is 531 g/mol. The summed E-state index contributed by atoms with van der Waals surface area (Å²) in [7, 11) is -0.342. The molecule has 36 heavy (non-hydrogen) atoms. The van der Waals surface area contributed by atoms with E-state index in [2.05, 4.69) is 114 Å². The molecule has 0 aliphatic carbocycles. The van der Waals surface area contributed by atoms with E-state index in [4.69, 9.17) is 0 Å². The maximum absolute atomic E-state index is 2.89. The number of benzene rings is 4. The van der Waals surface area contributed by atoms with E-state index >= 15 is 0 Å². The van der Waals surface area contributed by atoms with Gasteiger partial charge in [0.1, 0.15) is 0 Å². The summed E-state index contributed by atoms with van der Waals surface area (Å²) in [6.07, 6.45) is 0. The number of hydrogen-bond donors (Lipinski definition) is 0. The van der Waals surface area contributed by atoms with Gasteiger partial charge in [0.05, 0.1) is 0 Å². The third kappa shape index (κ3) is 12.3. The van der Waals surface area contributed by atoms with Gasteiger partial charge in [-0.25, -0.2) is 0 Å². The predicted octanol–water partition coefficient (Wildman–Crippen LogP) is 10.1. The minimum absolute atomic E-state index is 0. The standard InChI is InChI=1S/C21H28P.2C6H5.CH3.Zr/c1-20(2,3)22(21(4,5)6)19(17-13-9-7-10-14-17)18-15-11-8-12-16-18;2*1-2-4-6-5-3-1;;/h7-16H,1-6H3;2*1-5H;1H3;/q4*-1;+4. The summed E-state index contributed by atoms with van der Waals surface area (Å²) in [6, 6.07) is 46.8. The van der Waals surface area contributed by atoms with Crippen molar-refractivity contribution in [1.29, 1.82) is 0 Å². The number of rotatable bonds is 3. The van der Waals surface area contributed by atoms with Gasteiger partial charge in [-0.05, 0) is 10.3 Å². The summed E-state index contributed by atoms with van der Waals surface area (Å²) in [4.78, 5) is 0. The van der Waals surface area contributed by atoms with Crippen LogP contribution in [-0.2, 0) is 26.2 Å². The molecule has 0 amide bonds. The molecule has 0 spiro atoms. The Labute approximate surface area is 242 Å². The third-order valence-electron chi connectivity index (χ3n) is 4.87. The van der Waals surface area contributed by atoms with Gasteiger partial charge in [-0.2, -0.15) is 72.8 Å². The molecule has 0 saturated carbocycles. The first kappa shape index (κ1) is 34.1. The molecule has 0 nitrogen and oxygen atoms in total. The van der Waals surface area contributed by atoms with Crippen LogP contribution in [0.4, 0.5) is 0 Å². The van der Waals surface area contributed by atoms with Gasteiger partial charge in [0.15, 0.2) is 0 Å². The second-order valence-corrected chi connectivity index (χ2v) is 13.7. The molecule has 4 rings (SSSR count). The second kappa shape index (κ2) is 17.5.